The van der Waals surface area contributed by atoms with Crippen molar-refractivity contribution in [2.75, 3.05) is 26.2 Å². The molecule has 0 fully saturated rings. The standard InChI is InChI=1S/C19H27FN4OS/c1-4-21-19(23-12-10-18-24-14(2)15(3)26-18)22-11-5-13-25-17-8-6-16(20)7-9-17/h6-9H,4-5,10-13H2,1-3H3,(H2,21,22,23). The van der Waals surface area contributed by atoms with Crippen LogP contribution < -0.4 is 15.4 Å². The molecule has 1 aromatic heterocycles. The Bertz CT molecular complexity index is 681. The monoisotopic (exact) mass is 378 g/mol. The van der Waals surface area contributed by atoms with Crippen LogP contribution in [-0.4, -0.2) is 37.2 Å². The third-order valence-corrected chi connectivity index (χ3v) is 4.84. The molecule has 0 radical (unpaired) electrons. The Kier molecular flexibility index (Phi) is 8.34. The number of nitrogens with one attached hydrogen (secondary N) is 2. The first kappa shape index (κ1) is 20.2. The Hall–Kier alpha value is -2.15. The van der Waals surface area contributed by atoms with E-state index in [1.807, 2.05) is 13.8 Å². The number of guanidine groups is 1. The third-order valence-electron chi connectivity index (χ3n) is 3.70. The predicted molar refractivity (Wildman–Crippen MR) is 106 cm³/mol. The molecule has 0 saturated heterocycles. The number of aromatic nitrogens is 1. The molecular weight excluding hydrogens is 351 g/mol. The van der Waals surface area contributed by atoms with E-state index in [0.29, 0.717) is 18.9 Å². The molecule has 0 unspecified atom stereocenters. The number of hydrogen-bond acceptors (Lipinski definition) is 4. The van der Waals surface area contributed by atoms with Gasteiger partial charge in [0.15, 0.2) is 5.96 Å². The van der Waals surface area contributed by atoms with Crippen LogP contribution in [0, 0.1) is 19.7 Å². The van der Waals surface area contributed by atoms with Gasteiger partial charge < -0.3 is 15.4 Å². The van der Waals surface area contributed by atoms with Gasteiger partial charge in [-0.1, -0.05) is 0 Å². The second-order valence-corrected chi connectivity index (χ2v) is 7.13. The molecule has 2 N–H and O–H groups in total. The van der Waals surface area contributed by atoms with Gasteiger partial charge in [-0.25, -0.2) is 9.37 Å². The molecule has 0 amide bonds. The highest BCUT2D eigenvalue weighted by atomic mass is 32.1. The maximum Gasteiger partial charge on any atom is 0.191 e. The van der Waals surface area contributed by atoms with E-state index >= 15 is 0 Å². The number of rotatable bonds is 9. The van der Waals surface area contributed by atoms with E-state index in [4.69, 9.17) is 4.74 Å². The van der Waals surface area contributed by atoms with Gasteiger partial charge in [-0.2, -0.15) is 0 Å². The number of halogens is 1. The first-order valence-corrected chi connectivity index (χ1v) is 9.73. The Morgan fingerprint density at radius 1 is 1.23 bits per heavy atom. The van der Waals surface area contributed by atoms with Crippen molar-refractivity contribution in [2.45, 2.75) is 33.6 Å². The molecule has 2 aromatic rings. The summed E-state index contributed by atoms with van der Waals surface area (Å²) in [6.45, 7) is 9.00. The van der Waals surface area contributed by atoms with Crippen molar-refractivity contribution in [2.24, 2.45) is 4.99 Å². The highest BCUT2D eigenvalue weighted by Gasteiger charge is 2.04. The van der Waals surface area contributed by atoms with Gasteiger partial charge in [-0.05, 0) is 45.0 Å². The number of thiazole rings is 1. The van der Waals surface area contributed by atoms with Gasteiger partial charge in [0.2, 0.25) is 0 Å². The molecule has 0 aliphatic rings. The van der Waals surface area contributed by atoms with Gasteiger partial charge in [0.05, 0.1) is 17.3 Å². The molecule has 0 aliphatic heterocycles. The molecule has 0 atom stereocenters. The number of aliphatic imine (C=N–C) groups is 1. The van der Waals surface area contributed by atoms with Crippen LogP contribution in [0.4, 0.5) is 4.39 Å². The molecule has 142 valence electrons. The molecule has 0 bridgehead atoms. The first-order valence-electron chi connectivity index (χ1n) is 8.92. The van der Waals surface area contributed by atoms with Crippen molar-refractivity contribution in [3.63, 3.8) is 0 Å². The lowest BCUT2D eigenvalue weighted by atomic mass is 10.3. The number of aryl methyl sites for hydroxylation is 2. The lowest BCUT2D eigenvalue weighted by molar-refractivity contribution is 0.313. The number of hydrogen-bond donors (Lipinski definition) is 2. The average Bonchev–Trinajstić information content (AvgIpc) is 2.94. The summed E-state index contributed by atoms with van der Waals surface area (Å²) in [5.74, 6) is 1.22. The summed E-state index contributed by atoms with van der Waals surface area (Å²) in [7, 11) is 0. The summed E-state index contributed by atoms with van der Waals surface area (Å²) in [5, 5.41) is 7.72. The smallest absolute Gasteiger partial charge is 0.191 e. The van der Waals surface area contributed by atoms with Gasteiger partial charge in [0.25, 0.3) is 0 Å². The number of ether oxygens (including phenoxy) is 1. The molecule has 0 spiro atoms. The van der Waals surface area contributed by atoms with E-state index in [0.717, 1.165) is 42.6 Å². The van der Waals surface area contributed by atoms with Crippen LogP contribution in [0.5, 0.6) is 5.75 Å². The maximum atomic E-state index is 12.8. The van der Waals surface area contributed by atoms with Gasteiger partial charge in [0.1, 0.15) is 11.6 Å². The van der Waals surface area contributed by atoms with Gasteiger partial charge >= 0.3 is 0 Å². The van der Waals surface area contributed by atoms with Crippen LogP contribution >= 0.6 is 11.3 Å². The zero-order valence-corrected chi connectivity index (χ0v) is 16.5. The summed E-state index contributed by atoms with van der Waals surface area (Å²) in [6, 6.07) is 6.05. The van der Waals surface area contributed by atoms with Gasteiger partial charge in [-0.15, -0.1) is 11.3 Å². The summed E-state index contributed by atoms with van der Waals surface area (Å²) >= 11 is 1.75. The third kappa shape index (κ3) is 7.00. The molecule has 0 aliphatic carbocycles. The van der Waals surface area contributed by atoms with Crippen molar-refractivity contribution in [1.29, 1.82) is 0 Å². The van der Waals surface area contributed by atoms with Gasteiger partial charge in [0, 0.05) is 37.4 Å². The Labute approximate surface area is 158 Å². The predicted octanol–water partition coefficient (Wildman–Crippen LogP) is 3.47. The van der Waals surface area contributed by atoms with Crippen LogP contribution in [0.2, 0.25) is 0 Å². The van der Waals surface area contributed by atoms with Crippen molar-refractivity contribution in [1.82, 2.24) is 15.6 Å². The molecule has 5 nitrogen and oxygen atoms in total. The van der Waals surface area contributed by atoms with E-state index in [9.17, 15) is 4.39 Å². The highest BCUT2D eigenvalue weighted by Crippen LogP contribution is 2.16. The van der Waals surface area contributed by atoms with E-state index < -0.39 is 0 Å². The topological polar surface area (TPSA) is 58.5 Å². The molecule has 0 saturated carbocycles. The minimum Gasteiger partial charge on any atom is -0.494 e. The summed E-state index contributed by atoms with van der Waals surface area (Å²) in [5.41, 5.74) is 1.12. The molecule has 1 aromatic carbocycles. The quantitative estimate of drug-likeness (QED) is 0.399. The van der Waals surface area contributed by atoms with Crippen molar-refractivity contribution < 1.29 is 9.13 Å². The van der Waals surface area contributed by atoms with Crippen molar-refractivity contribution in [3.8, 4) is 5.75 Å². The van der Waals surface area contributed by atoms with Crippen molar-refractivity contribution in [3.05, 3.63) is 45.7 Å². The van der Waals surface area contributed by atoms with E-state index in [2.05, 4.69) is 27.5 Å². The van der Waals surface area contributed by atoms with E-state index in [1.165, 1.54) is 17.0 Å². The molecule has 2 rings (SSSR count). The Morgan fingerprint density at radius 3 is 2.65 bits per heavy atom. The minimum atomic E-state index is -0.258. The molecule has 26 heavy (non-hydrogen) atoms. The lowest BCUT2D eigenvalue weighted by Gasteiger charge is -2.11. The van der Waals surface area contributed by atoms with E-state index in [-0.39, 0.29) is 5.82 Å². The van der Waals surface area contributed by atoms with Crippen LogP contribution in [0.15, 0.2) is 29.3 Å². The highest BCUT2D eigenvalue weighted by molar-refractivity contribution is 7.11. The SMILES string of the molecule is CCNC(=NCCCOc1ccc(F)cc1)NCCc1nc(C)c(C)s1. The number of benzene rings is 1. The first-order chi connectivity index (χ1) is 12.6. The average molecular weight is 379 g/mol. The number of nitrogens with zero attached hydrogens (tertiary/aromatic N) is 2. The molecular formula is C19H27FN4OS. The zero-order valence-electron chi connectivity index (χ0n) is 15.6. The van der Waals surface area contributed by atoms with Crippen LogP contribution in [0.1, 0.15) is 28.9 Å². The van der Waals surface area contributed by atoms with Gasteiger partial charge in [-0.3, -0.25) is 4.99 Å². The summed E-state index contributed by atoms with van der Waals surface area (Å²) in [4.78, 5) is 10.4. The van der Waals surface area contributed by atoms with E-state index in [1.54, 1.807) is 23.5 Å². The fourth-order valence-electron chi connectivity index (χ4n) is 2.25. The fraction of sp³-hybridized carbons (Fsp3) is 0.474. The maximum absolute atomic E-state index is 12.8. The van der Waals surface area contributed by atoms with Crippen LogP contribution in [0.25, 0.3) is 0 Å². The summed E-state index contributed by atoms with van der Waals surface area (Å²) < 4.78 is 18.4. The minimum absolute atomic E-state index is 0.258. The van der Waals surface area contributed by atoms with Crippen LogP contribution in [0.3, 0.4) is 0 Å². The normalized spacial score (nSPS) is 11.5. The lowest BCUT2D eigenvalue weighted by Crippen LogP contribution is -2.38. The summed E-state index contributed by atoms with van der Waals surface area (Å²) in [6.07, 6.45) is 1.68. The fourth-order valence-corrected chi connectivity index (χ4v) is 3.19. The molecule has 1 heterocycles. The van der Waals surface area contributed by atoms with Crippen molar-refractivity contribution >= 4 is 17.3 Å². The Balaban J connectivity index is 1.69. The largest absolute Gasteiger partial charge is 0.494 e. The zero-order chi connectivity index (χ0) is 18.8. The second-order valence-electron chi connectivity index (χ2n) is 5.84. The van der Waals surface area contributed by atoms with Crippen LogP contribution in [-0.2, 0) is 6.42 Å². The molecule has 7 heteroatoms. The second kappa shape index (κ2) is 10.8. The Morgan fingerprint density at radius 2 is 2.00 bits per heavy atom.